The molecule has 0 radical (unpaired) electrons. The Kier molecular flexibility index (Phi) is 4.09. The number of aromatic nitrogens is 2. The van der Waals surface area contributed by atoms with Crippen molar-refractivity contribution in [1.29, 1.82) is 0 Å². The average molecular weight is 265 g/mol. The van der Waals surface area contributed by atoms with Crippen LogP contribution in [0, 0.1) is 6.92 Å². The average Bonchev–Trinajstić information content (AvgIpc) is 2.76. The normalized spacial score (nSPS) is 10.6. The van der Waals surface area contributed by atoms with E-state index >= 15 is 0 Å². The molecule has 96 valence electrons. The highest BCUT2D eigenvalue weighted by molar-refractivity contribution is 7.98. The number of nitrogen functional groups attached to an aromatic ring is 1. The fourth-order valence-corrected chi connectivity index (χ4v) is 2.26. The Balaban J connectivity index is 2.05. The molecule has 0 saturated heterocycles. The van der Waals surface area contributed by atoms with Gasteiger partial charge in [0.2, 0.25) is 11.8 Å². The van der Waals surface area contributed by atoms with Gasteiger partial charge in [0.1, 0.15) is 5.75 Å². The smallest absolute Gasteiger partial charge is 0.226 e. The number of anilines is 1. The van der Waals surface area contributed by atoms with Crippen LogP contribution in [-0.2, 0) is 5.75 Å². The molecule has 0 aliphatic rings. The number of aryl methyl sites for hydroxylation is 1. The molecule has 1 aromatic carbocycles. The lowest BCUT2D eigenvalue weighted by Gasteiger charge is -2.07. The summed E-state index contributed by atoms with van der Waals surface area (Å²) in [5, 5.41) is 7.72. The van der Waals surface area contributed by atoms with E-state index in [-0.39, 0.29) is 0 Å². The van der Waals surface area contributed by atoms with Crippen LogP contribution < -0.4 is 10.5 Å². The molecule has 0 atom stereocenters. The van der Waals surface area contributed by atoms with E-state index in [1.807, 2.05) is 25.1 Å². The molecule has 5 nitrogen and oxygen atoms in total. The van der Waals surface area contributed by atoms with Gasteiger partial charge in [0, 0.05) is 17.5 Å². The first kappa shape index (κ1) is 12.8. The van der Waals surface area contributed by atoms with E-state index in [0.29, 0.717) is 24.1 Å². The number of hydrogen-bond acceptors (Lipinski definition) is 6. The largest absolute Gasteiger partial charge is 0.494 e. The summed E-state index contributed by atoms with van der Waals surface area (Å²) in [5.41, 5.74) is 6.63. The zero-order chi connectivity index (χ0) is 13.0. The van der Waals surface area contributed by atoms with Crippen LogP contribution in [0.25, 0.3) is 0 Å². The zero-order valence-corrected chi connectivity index (χ0v) is 11.2. The number of benzene rings is 1. The Hall–Kier alpha value is -1.69. The lowest BCUT2D eigenvalue weighted by atomic mass is 10.3. The second-order valence-corrected chi connectivity index (χ2v) is 4.65. The van der Waals surface area contributed by atoms with Crippen molar-refractivity contribution in [2.75, 3.05) is 12.3 Å². The molecule has 0 saturated carbocycles. The molecule has 1 aromatic heterocycles. The van der Waals surface area contributed by atoms with E-state index in [4.69, 9.17) is 14.9 Å². The van der Waals surface area contributed by atoms with E-state index in [0.717, 1.165) is 16.3 Å². The molecule has 0 aliphatic carbocycles. The van der Waals surface area contributed by atoms with Gasteiger partial charge in [0.15, 0.2) is 0 Å². The highest BCUT2D eigenvalue weighted by Gasteiger charge is 2.07. The number of ether oxygens (including phenoxy) is 1. The maximum absolute atomic E-state index is 5.91. The predicted octanol–water partition coefficient (Wildman–Crippen LogP) is 2.65. The molecule has 2 rings (SSSR count). The van der Waals surface area contributed by atoms with Crippen LogP contribution in [0.2, 0.25) is 0 Å². The first-order valence-corrected chi connectivity index (χ1v) is 6.61. The molecule has 18 heavy (non-hydrogen) atoms. The van der Waals surface area contributed by atoms with Crippen molar-refractivity contribution >= 4 is 17.4 Å². The van der Waals surface area contributed by atoms with Crippen LogP contribution in [0.3, 0.4) is 0 Å². The van der Waals surface area contributed by atoms with Gasteiger partial charge in [-0.05, 0) is 25.1 Å². The molecule has 2 N–H and O–H groups in total. The summed E-state index contributed by atoms with van der Waals surface area (Å²) in [6, 6.07) is 5.62. The van der Waals surface area contributed by atoms with Gasteiger partial charge in [0.25, 0.3) is 0 Å². The van der Waals surface area contributed by atoms with Crippen molar-refractivity contribution in [3.05, 3.63) is 30.0 Å². The minimum absolute atomic E-state index is 0.571. The van der Waals surface area contributed by atoms with Gasteiger partial charge in [0.05, 0.1) is 12.4 Å². The Labute approximate surface area is 110 Å². The van der Waals surface area contributed by atoms with Gasteiger partial charge in [-0.2, -0.15) is 0 Å². The van der Waals surface area contributed by atoms with Crippen LogP contribution in [-0.4, -0.2) is 16.8 Å². The van der Waals surface area contributed by atoms with E-state index in [2.05, 4.69) is 10.2 Å². The first-order chi connectivity index (χ1) is 8.69. The molecule has 2 aromatic rings. The Bertz CT molecular complexity index is 528. The SMILES string of the molecule is CCOc1ccc(N)c(SCc2nnc(C)o2)c1. The second-order valence-electron chi connectivity index (χ2n) is 3.64. The molecule has 6 heteroatoms. The third-order valence-corrected chi connectivity index (χ3v) is 3.27. The first-order valence-electron chi connectivity index (χ1n) is 5.63. The Morgan fingerprint density at radius 2 is 2.22 bits per heavy atom. The monoisotopic (exact) mass is 265 g/mol. The van der Waals surface area contributed by atoms with Crippen LogP contribution in [0.4, 0.5) is 5.69 Å². The minimum Gasteiger partial charge on any atom is -0.494 e. The summed E-state index contributed by atoms with van der Waals surface area (Å²) in [5.74, 6) is 2.58. The van der Waals surface area contributed by atoms with Crippen LogP contribution in [0.1, 0.15) is 18.7 Å². The van der Waals surface area contributed by atoms with E-state index < -0.39 is 0 Å². The topological polar surface area (TPSA) is 74.2 Å². The summed E-state index contributed by atoms with van der Waals surface area (Å²) in [6.45, 7) is 4.35. The molecule has 0 bridgehead atoms. The predicted molar refractivity (Wildman–Crippen MR) is 70.6 cm³/mol. The van der Waals surface area contributed by atoms with Gasteiger partial charge >= 0.3 is 0 Å². The molecule has 0 aliphatic heterocycles. The molecule has 1 heterocycles. The van der Waals surface area contributed by atoms with Crippen molar-refractivity contribution in [3.63, 3.8) is 0 Å². The fourth-order valence-electron chi connectivity index (χ4n) is 1.43. The van der Waals surface area contributed by atoms with Crippen molar-refractivity contribution in [3.8, 4) is 5.75 Å². The van der Waals surface area contributed by atoms with Gasteiger partial charge in [-0.15, -0.1) is 22.0 Å². The van der Waals surface area contributed by atoms with Crippen molar-refractivity contribution in [2.45, 2.75) is 24.5 Å². The number of hydrogen-bond donors (Lipinski definition) is 1. The van der Waals surface area contributed by atoms with E-state index in [1.165, 1.54) is 0 Å². The highest BCUT2D eigenvalue weighted by Crippen LogP contribution is 2.31. The van der Waals surface area contributed by atoms with Crippen LogP contribution in [0.15, 0.2) is 27.5 Å². The lowest BCUT2D eigenvalue weighted by Crippen LogP contribution is -1.94. The van der Waals surface area contributed by atoms with Crippen molar-refractivity contribution in [1.82, 2.24) is 10.2 Å². The van der Waals surface area contributed by atoms with E-state index in [1.54, 1.807) is 18.7 Å². The Morgan fingerprint density at radius 3 is 2.89 bits per heavy atom. The molecular weight excluding hydrogens is 250 g/mol. The maximum atomic E-state index is 5.91. The summed E-state index contributed by atoms with van der Waals surface area (Å²) >= 11 is 1.55. The summed E-state index contributed by atoms with van der Waals surface area (Å²) in [4.78, 5) is 0.955. The summed E-state index contributed by atoms with van der Waals surface area (Å²) in [6.07, 6.45) is 0. The molecule has 0 amide bonds. The number of rotatable bonds is 5. The Morgan fingerprint density at radius 1 is 1.39 bits per heavy atom. The van der Waals surface area contributed by atoms with Gasteiger partial charge in [-0.25, -0.2) is 0 Å². The third kappa shape index (κ3) is 3.16. The standard InChI is InChI=1S/C12H15N3O2S/c1-3-16-9-4-5-10(13)11(6-9)18-7-12-15-14-8(2)17-12/h4-6H,3,7,13H2,1-2H3. The molecule has 0 fully saturated rings. The number of thioether (sulfide) groups is 1. The number of nitrogens with zero attached hydrogens (tertiary/aromatic N) is 2. The lowest BCUT2D eigenvalue weighted by molar-refractivity contribution is 0.339. The summed E-state index contributed by atoms with van der Waals surface area (Å²) in [7, 11) is 0. The van der Waals surface area contributed by atoms with Crippen LogP contribution in [0.5, 0.6) is 5.75 Å². The van der Waals surface area contributed by atoms with Gasteiger partial charge in [-0.1, -0.05) is 0 Å². The molecular formula is C12H15N3O2S. The van der Waals surface area contributed by atoms with Crippen molar-refractivity contribution < 1.29 is 9.15 Å². The molecule has 0 unspecified atom stereocenters. The fraction of sp³-hybridized carbons (Fsp3) is 0.333. The maximum Gasteiger partial charge on any atom is 0.226 e. The number of nitrogens with two attached hydrogens (primary N) is 1. The summed E-state index contributed by atoms with van der Waals surface area (Å²) < 4.78 is 10.7. The third-order valence-electron chi connectivity index (χ3n) is 2.22. The van der Waals surface area contributed by atoms with Gasteiger partial charge in [-0.3, -0.25) is 0 Å². The van der Waals surface area contributed by atoms with E-state index in [9.17, 15) is 0 Å². The molecule has 0 spiro atoms. The van der Waals surface area contributed by atoms with Gasteiger partial charge < -0.3 is 14.9 Å². The quantitative estimate of drug-likeness (QED) is 0.661. The van der Waals surface area contributed by atoms with Crippen molar-refractivity contribution in [2.24, 2.45) is 0 Å². The second kappa shape index (κ2) is 5.77. The highest BCUT2D eigenvalue weighted by atomic mass is 32.2. The zero-order valence-electron chi connectivity index (χ0n) is 10.3. The minimum atomic E-state index is 0.571. The van der Waals surface area contributed by atoms with Crippen LogP contribution >= 0.6 is 11.8 Å².